The minimum atomic E-state index is -0.340. The lowest BCUT2D eigenvalue weighted by Gasteiger charge is -2.35. The monoisotopic (exact) mass is 415 g/mol. The molecule has 31 heavy (non-hydrogen) atoms. The quantitative estimate of drug-likeness (QED) is 0.647. The summed E-state index contributed by atoms with van der Waals surface area (Å²) < 4.78 is 5.13. The zero-order valence-electron chi connectivity index (χ0n) is 17.4. The van der Waals surface area contributed by atoms with Gasteiger partial charge in [0.2, 0.25) is 5.91 Å². The second-order valence-electron chi connectivity index (χ2n) is 7.68. The Morgan fingerprint density at radius 3 is 2.32 bits per heavy atom. The van der Waals surface area contributed by atoms with Crippen molar-refractivity contribution in [3.63, 3.8) is 0 Å². The Balaban J connectivity index is 1.43. The van der Waals surface area contributed by atoms with Crippen LogP contribution in [0.1, 0.15) is 27.0 Å². The van der Waals surface area contributed by atoms with Crippen LogP contribution in [0.3, 0.4) is 0 Å². The first-order chi connectivity index (χ1) is 15.0. The highest BCUT2D eigenvalue weighted by Gasteiger charge is 2.29. The van der Waals surface area contributed by atoms with Gasteiger partial charge in [0.25, 0.3) is 5.91 Å². The molecule has 0 saturated carbocycles. The third-order valence-corrected chi connectivity index (χ3v) is 5.62. The van der Waals surface area contributed by atoms with Gasteiger partial charge in [-0.15, -0.1) is 0 Å². The predicted molar refractivity (Wildman–Crippen MR) is 120 cm³/mol. The van der Waals surface area contributed by atoms with Gasteiger partial charge in [-0.1, -0.05) is 36.4 Å². The van der Waals surface area contributed by atoms with E-state index in [1.54, 1.807) is 43.5 Å². The van der Waals surface area contributed by atoms with Crippen LogP contribution in [-0.2, 0) is 24.3 Å². The lowest BCUT2D eigenvalue weighted by Crippen LogP contribution is -2.48. The first-order valence-corrected chi connectivity index (χ1v) is 10.2. The van der Waals surface area contributed by atoms with E-state index in [9.17, 15) is 9.59 Å². The summed E-state index contributed by atoms with van der Waals surface area (Å²) in [4.78, 5) is 26.7. The molecule has 3 N–H and O–H groups in total. The molecule has 0 aliphatic carbocycles. The summed E-state index contributed by atoms with van der Waals surface area (Å²) in [6, 6.07) is 22.4. The van der Waals surface area contributed by atoms with Gasteiger partial charge in [0.1, 0.15) is 5.75 Å². The summed E-state index contributed by atoms with van der Waals surface area (Å²) >= 11 is 0. The lowest BCUT2D eigenvalue weighted by atomic mass is 9.93. The second-order valence-corrected chi connectivity index (χ2v) is 7.68. The van der Waals surface area contributed by atoms with Crippen molar-refractivity contribution in [1.29, 1.82) is 0 Å². The standard InChI is InChI=1S/C25H25N3O3/c1-31-22-12-10-21(11-13-22)27-25(30)18-8-6-17(7-9-18)15-28-16-20-5-3-2-4-19(20)14-23(28)24(26)29/h2-13,23H,14-16H2,1H3,(H2,26,29)(H,27,30)/t23-/m0/s1. The number of carbonyl (C=O) groups excluding carboxylic acids is 2. The van der Waals surface area contributed by atoms with Crippen LogP contribution in [0.4, 0.5) is 5.69 Å². The number of hydrogen-bond donors (Lipinski definition) is 2. The van der Waals surface area contributed by atoms with Gasteiger partial charge in [-0.25, -0.2) is 0 Å². The largest absolute Gasteiger partial charge is 0.497 e. The molecule has 0 aromatic heterocycles. The van der Waals surface area contributed by atoms with E-state index >= 15 is 0 Å². The van der Waals surface area contributed by atoms with Crippen molar-refractivity contribution < 1.29 is 14.3 Å². The molecule has 3 aromatic carbocycles. The van der Waals surface area contributed by atoms with E-state index in [0.29, 0.717) is 30.8 Å². The molecule has 2 amide bonds. The number of benzene rings is 3. The molecule has 0 fully saturated rings. The maximum atomic E-state index is 12.5. The smallest absolute Gasteiger partial charge is 0.255 e. The molecule has 1 atom stereocenters. The molecule has 0 radical (unpaired) electrons. The SMILES string of the molecule is COc1ccc(NC(=O)c2ccc(CN3Cc4ccccc4C[C@H]3C(N)=O)cc2)cc1. The van der Waals surface area contributed by atoms with Crippen LogP contribution in [0, 0.1) is 0 Å². The third kappa shape index (κ3) is 4.75. The number of rotatable bonds is 6. The molecule has 0 saturated heterocycles. The van der Waals surface area contributed by atoms with Crippen LogP contribution in [0.2, 0.25) is 0 Å². The van der Waals surface area contributed by atoms with Gasteiger partial charge in [-0.05, 0) is 59.5 Å². The van der Waals surface area contributed by atoms with Gasteiger partial charge in [-0.3, -0.25) is 14.5 Å². The number of nitrogens with zero attached hydrogens (tertiary/aromatic N) is 1. The van der Waals surface area contributed by atoms with Crippen molar-refractivity contribution in [2.24, 2.45) is 5.73 Å². The van der Waals surface area contributed by atoms with E-state index in [2.05, 4.69) is 22.3 Å². The minimum Gasteiger partial charge on any atom is -0.497 e. The zero-order valence-corrected chi connectivity index (χ0v) is 17.4. The summed E-state index contributed by atoms with van der Waals surface area (Å²) in [6.07, 6.45) is 0.619. The van der Waals surface area contributed by atoms with Crippen LogP contribution in [-0.4, -0.2) is 29.9 Å². The fourth-order valence-electron chi connectivity index (χ4n) is 3.90. The number of amides is 2. The predicted octanol–water partition coefficient (Wildman–Crippen LogP) is 3.36. The fourth-order valence-corrected chi connectivity index (χ4v) is 3.90. The molecule has 1 heterocycles. The summed E-state index contributed by atoms with van der Waals surface area (Å²) in [7, 11) is 1.60. The molecule has 1 aliphatic heterocycles. The van der Waals surface area contributed by atoms with E-state index in [1.165, 1.54) is 11.1 Å². The first-order valence-electron chi connectivity index (χ1n) is 10.2. The Kier molecular flexibility index (Phi) is 6.00. The number of anilines is 1. The first kappa shape index (κ1) is 20.6. The highest BCUT2D eigenvalue weighted by atomic mass is 16.5. The summed E-state index contributed by atoms with van der Waals surface area (Å²) in [5.41, 5.74) is 10.4. The fraction of sp³-hybridized carbons (Fsp3) is 0.200. The van der Waals surface area contributed by atoms with Crippen molar-refractivity contribution in [2.45, 2.75) is 25.6 Å². The number of carbonyl (C=O) groups is 2. The van der Waals surface area contributed by atoms with Crippen molar-refractivity contribution in [3.05, 3.63) is 95.1 Å². The van der Waals surface area contributed by atoms with Gasteiger partial charge < -0.3 is 15.8 Å². The number of hydrogen-bond acceptors (Lipinski definition) is 4. The Morgan fingerprint density at radius 1 is 1.00 bits per heavy atom. The molecule has 6 heteroatoms. The number of fused-ring (bicyclic) bond motifs is 1. The average molecular weight is 415 g/mol. The molecule has 0 unspecified atom stereocenters. The maximum absolute atomic E-state index is 12.5. The molecule has 4 rings (SSSR count). The average Bonchev–Trinajstić information content (AvgIpc) is 2.79. The second kappa shape index (κ2) is 9.02. The molecule has 158 valence electrons. The van der Waals surface area contributed by atoms with Crippen LogP contribution in [0.15, 0.2) is 72.8 Å². The number of primary amides is 1. The van der Waals surface area contributed by atoms with Crippen molar-refractivity contribution >= 4 is 17.5 Å². The Labute approximate surface area is 181 Å². The van der Waals surface area contributed by atoms with Crippen LogP contribution in [0.25, 0.3) is 0 Å². The van der Waals surface area contributed by atoms with Gasteiger partial charge in [0.05, 0.1) is 13.2 Å². The van der Waals surface area contributed by atoms with E-state index in [4.69, 9.17) is 10.5 Å². The van der Waals surface area contributed by atoms with Crippen LogP contribution >= 0.6 is 0 Å². The van der Waals surface area contributed by atoms with Crippen LogP contribution in [0.5, 0.6) is 5.75 Å². The van der Waals surface area contributed by atoms with Gasteiger partial charge in [0.15, 0.2) is 0 Å². The number of nitrogens with one attached hydrogen (secondary N) is 1. The van der Waals surface area contributed by atoms with E-state index < -0.39 is 0 Å². The molecule has 3 aromatic rings. The summed E-state index contributed by atoms with van der Waals surface area (Å²) in [5.74, 6) is 0.237. The highest BCUT2D eigenvalue weighted by molar-refractivity contribution is 6.04. The molecular formula is C25H25N3O3. The normalized spacial score (nSPS) is 15.7. The van der Waals surface area contributed by atoms with Crippen molar-refractivity contribution in [1.82, 2.24) is 4.90 Å². The zero-order chi connectivity index (χ0) is 21.8. The van der Waals surface area contributed by atoms with E-state index in [1.807, 2.05) is 24.3 Å². The van der Waals surface area contributed by atoms with Crippen molar-refractivity contribution in [2.75, 3.05) is 12.4 Å². The number of methoxy groups -OCH3 is 1. The Morgan fingerprint density at radius 2 is 1.68 bits per heavy atom. The van der Waals surface area contributed by atoms with Gasteiger partial charge >= 0.3 is 0 Å². The minimum absolute atomic E-state index is 0.182. The van der Waals surface area contributed by atoms with Gasteiger partial charge in [-0.2, -0.15) is 0 Å². The maximum Gasteiger partial charge on any atom is 0.255 e. The van der Waals surface area contributed by atoms with E-state index in [-0.39, 0.29) is 17.9 Å². The Hall–Kier alpha value is -3.64. The lowest BCUT2D eigenvalue weighted by molar-refractivity contribution is -0.124. The molecule has 1 aliphatic rings. The van der Waals surface area contributed by atoms with Gasteiger partial charge in [0, 0.05) is 24.3 Å². The van der Waals surface area contributed by atoms with E-state index in [0.717, 1.165) is 11.3 Å². The molecule has 0 spiro atoms. The third-order valence-electron chi connectivity index (χ3n) is 5.62. The van der Waals surface area contributed by atoms with Crippen LogP contribution < -0.4 is 15.8 Å². The summed E-state index contributed by atoms with van der Waals surface area (Å²) in [5, 5.41) is 2.88. The Bertz CT molecular complexity index is 1080. The van der Waals surface area contributed by atoms with Crippen molar-refractivity contribution in [3.8, 4) is 5.75 Å². The molecule has 0 bridgehead atoms. The highest BCUT2D eigenvalue weighted by Crippen LogP contribution is 2.25. The topological polar surface area (TPSA) is 84.7 Å². The molecule has 6 nitrogen and oxygen atoms in total. The number of ether oxygens (including phenoxy) is 1. The number of nitrogens with two attached hydrogens (primary N) is 1. The molecular weight excluding hydrogens is 390 g/mol. The summed E-state index contributed by atoms with van der Waals surface area (Å²) in [6.45, 7) is 1.26.